The molecule has 2 unspecified atom stereocenters. The normalized spacial score (nSPS) is 24.0. The molecule has 106 valence electrons. The maximum Gasteiger partial charge on any atom is 0.142 e. The molecule has 2 rings (SSSR count). The maximum atomic E-state index is 13.7. The number of hydrogen-bond acceptors (Lipinski definition) is 2. The molecule has 0 amide bonds. The Morgan fingerprint density at radius 3 is 2.89 bits per heavy atom. The van der Waals surface area contributed by atoms with Crippen LogP contribution in [0.5, 0.6) is 0 Å². The van der Waals surface area contributed by atoms with Crippen molar-refractivity contribution in [1.82, 2.24) is 10.2 Å². The molecular weight excluding hydrogens is 263 g/mol. The van der Waals surface area contributed by atoms with E-state index in [1.165, 1.54) is 0 Å². The predicted octanol–water partition coefficient (Wildman–Crippen LogP) is 3.47. The first-order valence-electron chi connectivity index (χ1n) is 7.01. The van der Waals surface area contributed by atoms with Gasteiger partial charge in [0.1, 0.15) is 5.82 Å². The van der Waals surface area contributed by atoms with Gasteiger partial charge in [-0.25, -0.2) is 4.39 Å². The van der Waals surface area contributed by atoms with Crippen molar-refractivity contribution >= 4 is 11.6 Å². The van der Waals surface area contributed by atoms with Crippen LogP contribution in [0, 0.1) is 11.7 Å². The van der Waals surface area contributed by atoms with E-state index in [9.17, 15) is 4.39 Å². The highest BCUT2D eigenvalue weighted by atomic mass is 35.5. The second-order valence-corrected chi connectivity index (χ2v) is 5.67. The standard InChI is InChI=1S/C15H22ClFN2/c1-3-7-19-8-6-12(10-18-2)15(19)11-4-5-13(16)14(17)9-11/h4-5,9,12,15,18H,3,6-8,10H2,1-2H3. The lowest BCUT2D eigenvalue weighted by Crippen LogP contribution is -2.29. The zero-order valence-electron chi connectivity index (χ0n) is 11.6. The molecule has 1 aliphatic heterocycles. The van der Waals surface area contributed by atoms with Gasteiger partial charge in [0.05, 0.1) is 5.02 Å². The first-order valence-corrected chi connectivity index (χ1v) is 7.38. The van der Waals surface area contributed by atoms with E-state index < -0.39 is 0 Å². The Morgan fingerprint density at radius 1 is 1.47 bits per heavy atom. The van der Waals surface area contributed by atoms with Gasteiger partial charge in [0.15, 0.2) is 0 Å². The summed E-state index contributed by atoms with van der Waals surface area (Å²) in [7, 11) is 1.97. The van der Waals surface area contributed by atoms with Gasteiger partial charge in [-0.3, -0.25) is 4.90 Å². The van der Waals surface area contributed by atoms with Gasteiger partial charge in [-0.05, 0) is 63.1 Å². The van der Waals surface area contributed by atoms with E-state index in [2.05, 4.69) is 17.1 Å². The molecule has 0 spiro atoms. The van der Waals surface area contributed by atoms with Crippen molar-refractivity contribution < 1.29 is 4.39 Å². The fourth-order valence-corrected chi connectivity index (χ4v) is 3.24. The average molecular weight is 285 g/mol. The summed E-state index contributed by atoms with van der Waals surface area (Å²) in [4.78, 5) is 2.46. The summed E-state index contributed by atoms with van der Waals surface area (Å²) in [6.45, 7) is 5.31. The largest absolute Gasteiger partial charge is 0.319 e. The average Bonchev–Trinajstić information content (AvgIpc) is 2.77. The quantitative estimate of drug-likeness (QED) is 0.891. The summed E-state index contributed by atoms with van der Waals surface area (Å²) in [5.74, 6) is 0.225. The van der Waals surface area contributed by atoms with E-state index >= 15 is 0 Å². The lowest BCUT2D eigenvalue weighted by atomic mass is 9.93. The molecule has 1 aromatic rings. The molecule has 4 heteroatoms. The Morgan fingerprint density at radius 2 is 2.26 bits per heavy atom. The van der Waals surface area contributed by atoms with Gasteiger partial charge >= 0.3 is 0 Å². The van der Waals surface area contributed by atoms with Crippen LogP contribution < -0.4 is 5.32 Å². The van der Waals surface area contributed by atoms with Crippen LogP contribution >= 0.6 is 11.6 Å². The van der Waals surface area contributed by atoms with Crippen molar-refractivity contribution in [3.05, 3.63) is 34.6 Å². The molecular formula is C15H22ClFN2. The highest BCUT2D eigenvalue weighted by Crippen LogP contribution is 2.37. The van der Waals surface area contributed by atoms with E-state index in [0.717, 1.165) is 38.0 Å². The minimum absolute atomic E-state index is 0.203. The van der Waals surface area contributed by atoms with Crippen LogP contribution in [0.2, 0.25) is 5.02 Å². The molecule has 0 saturated carbocycles. The molecule has 0 aliphatic carbocycles. The van der Waals surface area contributed by atoms with E-state index in [1.54, 1.807) is 12.1 Å². The highest BCUT2D eigenvalue weighted by Gasteiger charge is 2.34. The third kappa shape index (κ3) is 3.28. The monoisotopic (exact) mass is 284 g/mol. The SMILES string of the molecule is CCCN1CCC(CNC)C1c1ccc(Cl)c(F)c1. The predicted molar refractivity (Wildman–Crippen MR) is 78.0 cm³/mol. The van der Waals surface area contributed by atoms with Crippen molar-refractivity contribution in [2.45, 2.75) is 25.8 Å². The number of rotatable bonds is 5. The Balaban J connectivity index is 2.26. The summed E-state index contributed by atoms with van der Waals surface area (Å²) in [6, 6.07) is 5.54. The molecule has 1 aromatic carbocycles. The van der Waals surface area contributed by atoms with Crippen LogP contribution in [0.1, 0.15) is 31.4 Å². The van der Waals surface area contributed by atoms with Crippen LogP contribution in [-0.2, 0) is 0 Å². The van der Waals surface area contributed by atoms with Crippen LogP contribution in [0.15, 0.2) is 18.2 Å². The minimum atomic E-state index is -0.314. The molecule has 1 saturated heterocycles. The second kappa shape index (κ2) is 6.69. The van der Waals surface area contributed by atoms with Crippen LogP contribution in [0.25, 0.3) is 0 Å². The Hall–Kier alpha value is -0.640. The van der Waals surface area contributed by atoms with E-state index in [-0.39, 0.29) is 10.8 Å². The highest BCUT2D eigenvalue weighted by molar-refractivity contribution is 6.30. The number of nitrogens with one attached hydrogen (secondary N) is 1. The van der Waals surface area contributed by atoms with Crippen LogP contribution in [0.4, 0.5) is 4.39 Å². The molecule has 1 fully saturated rings. The third-order valence-corrected chi connectivity index (χ3v) is 4.20. The maximum absolute atomic E-state index is 13.7. The van der Waals surface area contributed by atoms with Crippen molar-refractivity contribution in [3.63, 3.8) is 0 Å². The lowest BCUT2D eigenvalue weighted by Gasteiger charge is -2.28. The molecule has 0 bridgehead atoms. The van der Waals surface area contributed by atoms with E-state index in [0.29, 0.717) is 12.0 Å². The number of likely N-dealkylation sites (tertiary alicyclic amines) is 1. The minimum Gasteiger partial charge on any atom is -0.319 e. The molecule has 2 atom stereocenters. The molecule has 1 N–H and O–H groups in total. The van der Waals surface area contributed by atoms with Crippen molar-refractivity contribution in [2.75, 3.05) is 26.7 Å². The Bertz CT molecular complexity index is 411. The van der Waals surface area contributed by atoms with E-state index in [4.69, 9.17) is 11.6 Å². The number of benzene rings is 1. The van der Waals surface area contributed by atoms with Crippen LogP contribution in [0.3, 0.4) is 0 Å². The first kappa shape index (κ1) is 14.8. The van der Waals surface area contributed by atoms with Gasteiger partial charge in [-0.2, -0.15) is 0 Å². The number of hydrogen-bond donors (Lipinski definition) is 1. The molecule has 0 radical (unpaired) electrons. The zero-order valence-corrected chi connectivity index (χ0v) is 12.4. The Kier molecular flexibility index (Phi) is 5.20. The van der Waals surface area contributed by atoms with Gasteiger partial charge in [0, 0.05) is 6.04 Å². The zero-order chi connectivity index (χ0) is 13.8. The second-order valence-electron chi connectivity index (χ2n) is 5.26. The molecule has 1 aliphatic rings. The summed E-state index contributed by atoms with van der Waals surface area (Å²) in [5, 5.41) is 3.45. The summed E-state index contributed by atoms with van der Waals surface area (Å²) in [5.41, 5.74) is 1.05. The van der Waals surface area contributed by atoms with Gasteiger partial charge in [-0.15, -0.1) is 0 Å². The van der Waals surface area contributed by atoms with Gasteiger partial charge < -0.3 is 5.32 Å². The fraction of sp³-hybridized carbons (Fsp3) is 0.600. The van der Waals surface area contributed by atoms with Gasteiger partial charge in [0.25, 0.3) is 0 Å². The van der Waals surface area contributed by atoms with Crippen molar-refractivity contribution in [2.24, 2.45) is 5.92 Å². The molecule has 1 heterocycles. The van der Waals surface area contributed by atoms with Crippen LogP contribution in [-0.4, -0.2) is 31.6 Å². The first-order chi connectivity index (χ1) is 9.17. The lowest BCUT2D eigenvalue weighted by molar-refractivity contribution is 0.227. The smallest absolute Gasteiger partial charge is 0.142 e. The van der Waals surface area contributed by atoms with Crippen molar-refractivity contribution in [1.29, 1.82) is 0 Å². The fourth-order valence-electron chi connectivity index (χ4n) is 3.12. The summed E-state index contributed by atoms with van der Waals surface area (Å²) >= 11 is 5.78. The Labute approximate surface area is 119 Å². The summed E-state index contributed by atoms with van der Waals surface area (Å²) < 4.78 is 13.7. The molecule has 2 nitrogen and oxygen atoms in total. The number of nitrogens with zero attached hydrogens (tertiary/aromatic N) is 1. The number of halogens is 2. The third-order valence-electron chi connectivity index (χ3n) is 3.89. The van der Waals surface area contributed by atoms with Gasteiger partial charge in [-0.1, -0.05) is 24.6 Å². The van der Waals surface area contributed by atoms with Gasteiger partial charge in [0.2, 0.25) is 0 Å². The van der Waals surface area contributed by atoms with Crippen molar-refractivity contribution in [3.8, 4) is 0 Å². The topological polar surface area (TPSA) is 15.3 Å². The molecule has 0 aromatic heterocycles. The molecule has 19 heavy (non-hydrogen) atoms. The summed E-state index contributed by atoms with van der Waals surface area (Å²) in [6.07, 6.45) is 2.29. The van der Waals surface area contributed by atoms with E-state index in [1.807, 2.05) is 13.1 Å².